The molecule has 0 fully saturated rings. The minimum atomic E-state index is -0.189. The van der Waals surface area contributed by atoms with Gasteiger partial charge in [0.2, 0.25) is 0 Å². The number of fused-ring (bicyclic) bond motifs is 3. The molecule has 1 aromatic heterocycles. The third-order valence-electron chi connectivity index (χ3n) is 4.23. The molecular weight excluding hydrogens is 285 g/mol. The van der Waals surface area contributed by atoms with Crippen LogP contribution in [0.1, 0.15) is 11.1 Å². The van der Waals surface area contributed by atoms with Crippen LogP contribution < -0.4 is 0 Å². The average molecular weight is 301 g/mol. The highest BCUT2D eigenvalue weighted by Gasteiger charge is 2.11. The van der Waals surface area contributed by atoms with Gasteiger partial charge in [-0.25, -0.2) is 4.39 Å². The van der Waals surface area contributed by atoms with Crippen molar-refractivity contribution < 1.29 is 4.39 Å². The van der Waals surface area contributed by atoms with Crippen LogP contribution in [0, 0.1) is 19.7 Å². The molecule has 3 aromatic carbocycles. The molecule has 0 aliphatic heterocycles. The summed E-state index contributed by atoms with van der Waals surface area (Å²) in [5.74, 6) is -0.189. The van der Waals surface area contributed by atoms with Crippen LogP contribution >= 0.6 is 0 Å². The van der Waals surface area contributed by atoms with Crippen LogP contribution in [0.2, 0.25) is 0 Å². The van der Waals surface area contributed by atoms with Crippen molar-refractivity contribution in [3.63, 3.8) is 0 Å². The fourth-order valence-corrected chi connectivity index (χ4v) is 3.34. The second-order valence-corrected chi connectivity index (χ2v) is 6.03. The van der Waals surface area contributed by atoms with Crippen molar-refractivity contribution in [3.05, 3.63) is 77.7 Å². The zero-order valence-corrected chi connectivity index (χ0v) is 13.1. The number of hydrogen-bond donors (Lipinski definition) is 0. The highest BCUT2D eigenvalue weighted by atomic mass is 19.1. The fraction of sp³-hybridized carbons (Fsp3) is 0.0952. The number of aromatic nitrogens is 1. The quantitative estimate of drug-likeness (QED) is 0.404. The predicted molar refractivity (Wildman–Crippen MR) is 94.1 cm³/mol. The van der Waals surface area contributed by atoms with Crippen molar-refractivity contribution >= 4 is 21.5 Å². The van der Waals surface area contributed by atoms with Crippen molar-refractivity contribution in [2.75, 3.05) is 0 Å². The smallest absolute Gasteiger partial charge is 0.131 e. The van der Waals surface area contributed by atoms with Crippen LogP contribution in [0.15, 0.2) is 60.8 Å². The molecule has 0 bridgehead atoms. The summed E-state index contributed by atoms with van der Waals surface area (Å²) in [6.07, 6.45) is 1.77. The third kappa shape index (κ3) is 2.27. The standard InChI is InChI=1S/C21H16FN/c1-13-10-14(2)12-16(11-13)21-18-7-6-15-4-3-5-19(22)20(15)17(18)8-9-23-21/h3-12H,1-2H3. The Morgan fingerprint density at radius 3 is 2.39 bits per heavy atom. The van der Waals surface area contributed by atoms with E-state index >= 15 is 0 Å². The number of hydrogen-bond acceptors (Lipinski definition) is 1. The first-order valence-corrected chi connectivity index (χ1v) is 7.68. The molecule has 1 heterocycles. The lowest BCUT2D eigenvalue weighted by molar-refractivity contribution is 0.640. The van der Waals surface area contributed by atoms with Gasteiger partial charge in [-0.15, -0.1) is 0 Å². The van der Waals surface area contributed by atoms with Crippen LogP contribution in [0.5, 0.6) is 0 Å². The Kier molecular flexibility index (Phi) is 3.12. The zero-order chi connectivity index (χ0) is 16.0. The Balaban J connectivity index is 2.11. The van der Waals surface area contributed by atoms with Gasteiger partial charge in [0.05, 0.1) is 5.69 Å². The topological polar surface area (TPSA) is 12.9 Å². The van der Waals surface area contributed by atoms with Crippen LogP contribution in [0.25, 0.3) is 32.8 Å². The Hall–Kier alpha value is -2.74. The molecule has 4 aromatic rings. The SMILES string of the molecule is Cc1cc(C)cc(-c2nccc3c2ccc2cccc(F)c23)c1. The first kappa shape index (κ1) is 13.9. The van der Waals surface area contributed by atoms with Crippen molar-refractivity contribution in [1.82, 2.24) is 4.98 Å². The van der Waals surface area contributed by atoms with Gasteiger partial charge in [0, 0.05) is 22.5 Å². The van der Waals surface area contributed by atoms with Crippen molar-refractivity contribution in [2.45, 2.75) is 13.8 Å². The van der Waals surface area contributed by atoms with Gasteiger partial charge in [0.15, 0.2) is 0 Å². The summed E-state index contributed by atoms with van der Waals surface area (Å²) in [5.41, 5.74) is 4.37. The average Bonchev–Trinajstić information content (AvgIpc) is 2.53. The number of rotatable bonds is 1. The number of halogens is 1. The van der Waals surface area contributed by atoms with E-state index in [2.05, 4.69) is 37.0 Å². The summed E-state index contributed by atoms with van der Waals surface area (Å²) in [5, 5.41) is 3.47. The van der Waals surface area contributed by atoms with Crippen LogP contribution in [-0.2, 0) is 0 Å². The summed E-state index contributed by atoms with van der Waals surface area (Å²) < 4.78 is 14.4. The zero-order valence-electron chi connectivity index (χ0n) is 13.1. The van der Waals surface area contributed by atoms with Gasteiger partial charge in [0.25, 0.3) is 0 Å². The van der Waals surface area contributed by atoms with Gasteiger partial charge < -0.3 is 0 Å². The largest absolute Gasteiger partial charge is 0.256 e. The van der Waals surface area contributed by atoms with Crippen molar-refractivity contribution in [3.8, 4) is 11.3 Å². The van der Waals surface area contributed by atoms with E-state index in [1.54, 1.807) is 12.3 Å². The van der Waals surface area contributed by atoms with Crippen molar-refractivity contribution in [2.24, 2.45) is 0 Å². The molecule has 0 N–H and O–H groups in total. The maximum Gasteiger partial charge on any atom is 0.131 e. The van der Waals surface area contributed by atoms with Gasteiger partial charge in [-0.1, -0.05) is 41.5 Å². The molecule has 23 heavy (non-hydrogen) atoms. The second-order valence-electron chi connectivity index (χ2n) is 6.03. The van der Waals surface area contributed by atoms with Gasteiger partial charge in [0.1, 0.15) is 5.82 Å². The summed E-state index contributed by atoms with van der Waals surface area (Å²) in [6.45, 7) is 4.16. The third-order valence-corrected chi connectivity index (χ3v) is 4.23. The molecular formula is C21H16FN. The molecule has 2 heteroatoms. The van der Waals surface area contributed by atoms with E-state index in [1.807, 2.05) is 24.3 Å². The summed E-state index contributed by atoms with van der Waals surface area (Å²) >= 11 is 0. The molecule has 112 valence electrons. The molecule has 0 unspecified atom stereocenters. The molecule has 0 radical (unpaired) electrons. The first-order valence-electron chi connectivity index (χ1n) is 7.68. The molecule has 0 spiro atoms. The Morgan fingerprint density at radius 2 is 1.61 bits per heavy atom. The summed E-state index contributed by atoms with van der Waals surface area (Å²) in [4.78, 5) is 4.57. The lowest BCUT2D eigenvalue weighted by Gasteiger charge is -2.10. The lowest BCUT2D eigenvalue weighted by atomic mass is 9.97. The number of aryl methyl sites for hydroxylation is 2. The van der Waals surface area contributed by atoms with Crippen molar-refractivity contribution in [1.29, 1.82) is 0 Å². The van der Waals surface area contributed by atoms with E-state index in [-0.39, 0.29) is 5.82 Å². The van der Waals surface area contributed by atoms with E-state index < -0.39 is 0 Å². The molecule has 0 aliphatic carbocycles. The molecule has 0 saturated heterocycles. The molecule has 0 saturated carbocycles. The van der Waals surface area contributed by atoms with Gasteiger partial charge in [-0.05, 0) is 48.9 Å². The van der Waals surface area contributed by atoms with Crippen LogP contribution in [0.4, 0.5) is 4.39 Å². The molecule has 1 nitrogen and oxygen atoms in total. The van der Waals surface area contributed by atoms with Crippen LogP contribution in [0.3, 0.4) is 0 Å². The summed E-state index contributed by atoms with van der Waals surface area (Å²) in [6, 6.07) is 17.5. The van der Waals surface area contributed by atoms with Crippen LogP contribution in [-0.4, -0.2) is 4.98 Å². The van der Waals surface area contributed by atoms with E-state index in [1.165, 1.54) is 17.2 Å². The molecule has 4 rings (SSSR count). The Morgan fingerprint density at radius 1 is 0.826 bits per heavy atom. The number of benzene rings is 3. The van der Waals surface area contributed by atoms with E-state index in [0.29, 0.717) is 5.39 Å². The first-order chi connectivity index (χ1) is 11.1. The van der Waals surface area contributed by atoms with E-state index in [0.717, 1.165) is 27.4 Å². The number of pyridine rings is 1. The number of nitrogens with zero attached hydrogens (tertiary/aromatic N) is 1. The van der Waals surface area contributed by atoms with E-state index in [9.17, 15) is 4.39 Å². The highest BCUT2D eigenvalue weighted by molar-refractivity contribution is 6.11. The monoisotopic (exact) mass is 301 g/mol. The highest BCUT2D eigenvalue weighted by Crippen LogP contribution is 2.33. The van der Waals surface area contributed by atoms with E-state index in [4.69, 9.17) is 0 Å². The molecule has 0 amide bonds. The fourth-order valence-electron chi connectivity index (χ4n) is 3.34. The maximum absolute atomic E-state index is 14.4. The molecule has 0 aliphatic rings. The van der Waals surface area contributed by atoms with Gasteiger partial charge in [-0.2, -0.15) is 0 Å². The minimum absolute atomic E-state index is 0.189. The minimum Gasteiger partial charge on any atom is -0.256 e. The summed E-state index contributed by atoms with van der Waals surface area (Å²) in [7, 11) is 0. The molecule has 0 atom stereocenters. The normalized spacial score (nSPS) is 11.3. The Bertz CT molecular complexity index is 1030. The predicted octanol–water partition coefficient (Wildman–Crippen LogP) is 5.81. The lowest BCUT2D eigenvalue weighted by Crippen LogP contribution is -1.90. The van der Waals surface area contributed by atoms with Gasteiger partial charge >= 0.3 is 0 Å². The second kappa shape index (κ2) is 5.17. The maximum atomic E-state index is 14.4. The Labute approximate surface area is 134 Å². The van der Waals surface area contributed by atoms with Gasteiger partial charge in [-0.3, -0.25) is 4.98 Å².